The van der Waals surface area contributed by atoms with Gasteiger partial charge in [-0.1, -0.05) is 41.5 Å². The van der Waals surface area contributed by atoms with Gasteiger partial charge in [0.2, 0.25) is 5.88 Å². The minimum Gasteiger partial charge on any atom is -0.478 e. The Morgan fingerprint density at radius 3 is 2.47 bits per heavy atom. The van der Waals surface area contributed by atoms with Crippen LogP contribution in [0.2, 0.25) is 0 Å². The Kier molecular flexibility index (Phi) is 5.80. The number of hydrogen-bond donors (Lipinski definition) is 1. The number of nitrogens with one attached hydrogen (secondary N) is 1. The lowest BCUT2D eigenvalue weighted by molar-refractivity contribution is 0.302. The van der Waals surface area contributed by atoms with Gasteiger partial charge in [0, 0.05) is 24.1 Å². The Hall–Kier alpha value is -1.09. The molecule has 0 aliphatic rings. The van der Waals surface area contributed by atoms with E-state index < -0.39 is 0 Å². The molecule has 108 valence electrons. The zero-order valence-corrected chi connectivity index (χ0v) is 13.2. The molecule has 0 bridgehead atoms. The minimum atomic E-state index is 0.0398. The lowest BCUT2D eigenvalue weighted by Gasteiger charge is -2.20. The Labute approximate surface area is 117 Å². The van der Waals surface area contributed by atoms with Crippen LogP contribution in [0.5, 0.6) is 5.88 Å². The predicted octanol–water partition coefficient (Wildman–Crippen LogP) is 3.67. The molecule has 0 fully saturated rings. The molecular weight excluding hydrogens is 236 g/mol. The van der Waals surface area contributed by atoms with E-state index in [4.69, 9.17) is 4.74 Å². The van der Waals surface area contributed by atoms with Crippen molar-refractivity contribution in [3.63, 3.8) is 0 Å². The fourth-order valence-electron chi connectivity index (χ4n) is 1.65. The minimum absolute atomic E-state index is 0.0398. The number of pyridine rings is 1. The van der Waals surface area contributed by atoms with Crippen LogP contribution < -0.4 is 10.1 Å². The molecule has 1 aromatic rings. The number of ether oxygens (including phenoxy) is 1. The van der Waals surface area contributed by atoms with E-state index in [0.717, 1.165) is 31.1 Å². The summed E-state index contributed by atoms with van der Waals surface area (Å²) in [7, 11) is 0. The number of rotatable bonds is 6. The molecule has 1 heterocycles. The van der Waals surface area contributed by atoms with Crippen molar-refractivity contribution in [1.29, 1.82) is 0 Å². The number of aromatic nitrogens is 1. The summed E-state index contributed by atoms with van der Waals surface area (Å²) < 4.78 is 5.70. The highest BCUT2D eigenvalue weighted by Gasteiger charge is 2.17. The Bertz CT molecular complexity index is 394. The van der Waals surface area contributed by atoms with Gasteiger partial charge in [0.05, 0.1) is 12.3 Å². The van der Waals surface area contributed by atoms with Crippen molar-refractivity contribution in [2.24, 2.45) is 0 Å². The average molecular weight is 264 g/mol. The third-order valence-electron chi connectivity index (χ3n) is 2.80. The molecule has 3 nitrogen and oxygen atoms in total. The highest BCUT2D eigenvalue weighted by molar-refractivity contribution is 5.28. The summed E-state index contributed by atoms with van der Waals surface area (Å²) in [5.41, 5.74) is 2.36. The fraction of sp³-hybridized carbons (Fsp3) is 0.688. The first-order valence-corrected chi connectivity index (χ1v) is 7.20. The van der Waals surface area contributed by atoms with E-state index in [1.165, 1.54) is 5.56 Å². The topological polar surface area (TPSA) is 34.1 Å². The molecule has 0 radical (unpaired) electrons. The van der Waals surface area contributed by atoms with Crippen molar-refractivity contribution < 1.29 is 4.74 Å². The first-order chi connectivity index (χ1) is 8.82. The van der Waals surface area contributed by atoms with Crippen LogP contribution in [-0.4, -0.2) is 17.6 Å². The van der Waals surface area contributed by atoms with Crippen LogP contribution in [0.25, 0.3) is 0 Å². The van der Waals surface area contributed by atoms with Gasteiger partial charge in [-0.15, -0.1) is 0 Å². The smallest absolute Gasteiger partial charge is 0.213 e. The van der Waals surface area contributed by atoms with E-state index >= 15 is 0 Å². The summed E-state index contributed by atoms with van der Waals surface area (Å²) in [5, 5.41) is 3.44. The maximum Gasteiger partial charge on any atom is 0.213 e. The summed E-state index contributed by atoms with van der Waals surface area (Å²) >= 11 is 0. The molecule has 1 N–H and O–H groups in total. The molecule has 3 heteroatoms. The fourth-order valence-corrected chi connectivity index (χ4v) is 1.65. The van der Waals surface area contributed by atoms with Gasteiger partial charge in [-0.25, -0.2) is 4.98 Å². The van der Waals surface area contributed by atoms with Gasteiger partial charge in [-0.05, 0) is 18.1 Å². The van der Waals surface area contributed by atoms with Crippen LogP contribution in [0.15, 0.2) is 12.1 Å². The van der Waals surface area contributed by atoms with Crippen LogP contribution in [0.1, 0.15) is 59.2 Å². The van der Waals surface area contributed by atoms with Crippen molar-refractivity contribution in [2.75, 3.05) is 6.61 Å². The maximum atomic E-state index is 5.70. The summed E-state index contributed by atoms with van der Waals surface area (Å²) in [6, 6.07) is 4.69. The van der Waals surface area contributed by atoms with Gasteiger partial charge in [0.15, 0.2) is 0 Å². The van der Waals surface area contributed by atoms with E-state index in [-0.39, 0.29) is 5.41 Å². The van der Waals surface area contributed by atoms with Crippen LogP contribution >= 0.6 is 0 Å². The second-order valence-electron chi connectivity index (χ2n) is 6.33. The van der Waals surface area contributed by atoms with Crippen molar-refractivity contribution in [1.82, 2.24) is 10.3 Å². The molecule has 1 aromatic heterocycles. The van der Waals surface area contributed by atoms with Crippen LogP contribution in [0.4, 0.5) is 0 Å². The van der Waals surface area contributed by atoms with Crippen LogP contribution in [-0.2, 0) is 12.0 Å². The second-order valence-corrected chi connectivity index (χ2v) is 6.33. The predicted molar refractivity (Wildman–Crippen MR) is 80.7 cm³/mol. The molecule has 0 unspecified atom stereocenters. The Balaban J connectivity index is 2.95. The largest absolute Gasteiger partial charge is 0.478 e. The van der Waals surface area contributed by atoms with Gasteiger partial charge < -0.3 is 10.1 Å². The highest BCUT2D eigenvalue weighted by Crippen LogP contribution is 2.24. The number of hydrogen-bond acceptors (Lipinski definition) is 3. The van der Waals surface area contributed by atoms with Crippen LogP contribution in [0.3, 0.4) is 0 Å². The van der Waals surface area contributed by atoms with Gasteiger partial charge in [-0.2, -0.15) is 0 Å². The molecule has 0 saturated carbocycles. The second kappa shape index (κ2) is 6.90. The van der Waals surface area contributed by atoms with Crippen LogP contribution in [0, 0.1) is 0 Å². The Morgan fingerprint density at radius 2 is 1.95 bits per heavy atom. The van der Waals surface area contributed by atoms with Crippen molar-refractivity contribution in [3.05, 3.63) is 23.4 Å². The maximum absolute atomic E-state index is 5.70. The molecule has 0 aliphatic heterocycles. The Morgan fingerprint density at radius 1 is 1.26 bits per heavy atom. The third kappa shape index (κ3) is 5.60. The van der Waals surface area contributed by atoms with Crippen molar-refractivity contribution in [3.8, 4) is 5.88 Å². The highest BCUT2D eigenvalue weighted by atomic mass is 16.5. The quantitative estimate of drug-likeness (QED) is 0.851. The van der Waals surface area contributed by atoms with Crippen molar-refractivity contribution >= 4 is 0 Å². The van der Waals surface area contributed by atoms with E-state index in [9.17, 15) is 0 Å². The van der Waals surface area contributed by atoms with E-state index in [0.29, 0.717) is 6.04 Å². The normalized spacial score (nSPS) is 11.9. The molecule has 19 heavy (non-hydrogen) atoms. The first kappa shape index (κ1) is 16.0. The standard InChI is InChI=1S/C16H28N2O/c1-7-8-19-15-10-13(11-17-12(2)3)9-14(18-15)16(4,5)6/h9-10,12,17H,7-8,11H2,1-6H3. The van der Waals surface area contributed by atoms with E-state index in [1.54, 1.807) is 0 Å². The molecule has 0 atom stereocenters. The summed E-state index contributed by atoms with van der Waals surface area (Å²) in [4.78, 5) is 4.62. The average Bonchev–Trinajstić information content (AvgIpc) is 2.32. The van der Waals surface area contributed by atoms with Gasteiger partial charge >= 0.3 is 0 Å². The molecule has 0 aromatic carbocycles. The zero-order valence-electron chi connectivity index (χ0n) is 13.2. The molecule has 1 rings (SSSR count). The van der Waals surface area contributed by atoms with E-state index in [2.05, 4.69) is 57.9 Å². The molecule has 0 saturated heterocycles. The molecule has 0 spiro atoms. The third-order valence-corrected chi connectivity index (χ3v) is 2.80. The lowest BCUT2D eigenvalue weighted by Crippen LogP contribution is -2.23. The van der Waals surface area contributed by atoms with Gasteiger partial charge in [0.1, 0.15) is 0 Å². The number of nitrogens with zero attached hydrogens (tertiary/aromatic N) is 1. The van der Waals surface area contributed by atoms with Crippen molar-refractivity contribution in [2.45, 2.75) is 66.0 Å². The van der Waals surface area contributed by atoms with Gasteiger partial charge in [0.25, 0.3) is 0 Å². The monoisotopic (exact) mass is 264 g/mol. The summed E-state index contributed by atoms with van der Waals surface area (Å²) in [6.45, 7) is 14.5. The molecule has 0 aliphatic carbocycles. The van der Waals surface area contributed by atoms with Gasteiger partial charge in [-0.3, -0.25) is 0 Å². The molecule has 0 amide bonds. The molecular formula is C16H28N2O. The summed E-state index contributed by atoms with van der Waals surface area (Å²) in [5.74, 6) is 0.745. The van der Waals surface area contributed by atoms with E-state index in [1.807, 2.05) is 6.07 Å². The lowest BCUT2D eigenvalue weighted by atomic mass is 9.91. The SMILES string of the molecule is CCCOc1cc(CNC(C)C)cc(C(C)(C)C)n1. The summed E-state index contributed by atoms with van der Waals surface area (Å²) in [6.07, 6.45) is 1.00. The zero-order chi connectivity index (χ0) is 14.5. The first-order valence-electron chi connectivity index (χ1n) is 7.20.